The van der Waals surface area contributed by atoms with E-state index in [2.05, 4.69) is 17.4 Å². The Morgan fingerprint density at radius 1 is 1.26 bits per heavy atom. The molecular formula is C18H25NO4. The van der Waals surface area contributed by atoms with Crippen LogP contribution in [0.3, 0.4) is 0 Å². The number of carbonyl (C=O) groups is 2. The van der Waals surface area contributed by atoms with Crippen LogP contribution in [0.5, 0.6) is 0 Å². The fourth-order valence-electron chi connectivity index (χ4n) is 2.39. The van der Waals surface area contributed by atoms with E-state index in [0.29, 0.717) is 18.8 Å². The van der Waals surface area contributed by atoms with Crippen LogP contribution in [-0.2, 0) is 16.0 Å². The van der Waals surface area contributed by atoms with E-state index in [1.54, 1.807) is 20.8 Å². The van der Waals surface area contributed by atoms with Gasteiger partial charge in [0.2, 0.25) is 0 Å². The molecular weight excluding hydrogens is 294 g/mol. The molecule has 0 heterocycles. The molecule has 5 nitrogen and oxygen atoms in total. The van der Waals surface area contributed by atoms with Gasteiger partial charge in [-0.25, -0.2) is 9.59 Å². The van der Waals surface area contributed by atoms with E-state index < -0.39 is 23.7 Å². The summed E-state index contributed by atoms with van der Waals surface area (Å²) in [4.78, 5) is 23.0. The highest BCUT2D eigenvalue weighted by atomic mass is 16.6. The summed E-state index contributed by atoms with van der Waals surface area (Å²) >= 11 is 0. The summed E-state index contributed by atoms with van der Waals surface area (Å²) in [6.45, 7) is 5.22. The Bertz CT molecular complexity index is 555. The zero-order valence-corrected chi connectivity index (χ0v) is 14.0. The first kappa shape index (κ1) is 17.3. The molecule has 23 heavy (non-hydrogen) atoms. The van der Waals surface area contributed by atoms with Crippen LogP contribution in [0.25, 0.3) is 0 Å². The monoisotopic (exact) mass is 319 g/mol. The van der Waals surface area contributed by atoms with E-state index in [1.807, 2.05) is 12.1 Å². The van der Waals surface area contributed by atoms with Crippen LogP contribution in [0.15, 0.2) is 24.3 Å². The van der Waals surface area contributed by atoms with Crippen molar-refractivity contribution < 1.29 is 19.4 Å². The predicted octanol–water partition coefficient (Wildman–Crippen LogP) is 3.47. The van der Waals surface area contributed by atoms with Crippen LogP contribution < -0.4 is 5.32 Å². The number of alkyl carbamates (subject to hydrolysis) is 1. The molecule has 1 aliphatic rings. The number of rotatable bonds is 6. The normalized spacial score (nSPS) is 15.8. The maximum Gasteiger partial charge on any atom is 0.408 e. The second-order valence-corrected chi connectivity index (χ2v) is 7.09. The predicted molar refractivity (Wildman–Crippen MR) is 87.5 cm³/mol. The fourth-order valence-corrected chi connectivity index (χ4v) is 2.39. The van der Waals surface area contributed by atoms with Gasteiger partial charge in [0.05, 0.1) is 0 Å². The lowest BCUT2D eigenvalue weighted by atomic mass is 10.0. The third kappa shape index (κ3) is 5.93. The molecule has 1 aromatic carbocycles. The van der Waals surface area contributed by atoms with E-state index in [1.165, 1.54) is 18.4 Å². The van der Waals surface area contributed by atoms with Crippen molar-refractivity contribution >= 4 is 12.1 Å². The third-order valence-electron chi connectivity index (χ3n) is 3.74. The molecule has 0 aromatic heterocycles. The van der Waals surface area contributed by atoms with Crippen LogP contribution in [0.1, 0.15) is 57.1 Å². The first-order valence-corrected chi connectivity index (χ1v) is 8.06. The van der Waals surface area contributed by atoms with Crippen LogP contribution >= 0.6 is 0 Å². The largest absolute Gasteiger partial charge is 0.480 e. The number of carboxylic acids is 1. The Labute approximate surface area is 137 Å². The minimum absolute atomic E-state index is 0.331. The number of aliphatic carboxylic acids is 1. The number of carboxylic acid groups (broad SMARTS) is 1. The summed E-state index contributed by atoms with van der Waals surface area (Å²) in [5, 5.41) is 11.7. The van der Waals surface area contributed by atoms with Gasteiger partial charge in [-0.3, -0.25) is 0 Å². The van der Waals surface area contributed by atoms with Gasteiger partial charge in [-0.1, -0.05) is 24.3 Å². The average Bonchev–Trinajstić information content (AvgIpc) is 3.26. The number of nitrogens with one attached hydrogen (secondary N) is 1. The van der Waals surface area contributed by atoms with E-state index in [9.17, 15) is 14.7 Å². The lowest BCUT2D eigenvalue weighted by Gasteiger charge is -2.22. The van der Waals surface area contributed by atoms with Gasteiger partial charge in [0.15, 0.2) is 0 Å². The maximum absolute atomic E-state index is 11.7. The Kier molecular flexibility index (Phi) is 5.29. The number of benzene rings is 1. The average molecular weight is 319 g/mol. The molecule has 1 fully saturated rings. The minimum Gasteiger partial charge on any atom is -0.480 e. The molecule has 1 unspecified atom stereocenters. The molecule has 2 rings (SSSR count). The quantitative estimate of drug-likeness (QED) is 0.842. The lowest BCUT2D eigenvalue weighted by molar-refractivity contribution is -0.139. The molecule has 0 saturated heterocycles. The third-order valence-corrected chi connectivity index (χ3v) is 3.74. The minimum atomic E-state index is -1.05. The van der Waals surface area contributed by atoms with E-state index in [0.717, 1.165) is 5.56 Å². The zero-order chi connectivity index (χ0) is 17.0. The Hall–Kier alpha value is -2.04. The van der Waals surface area contributed by atoms with Gasteiger partial charge >= 0.3 is 12.1 Å². The molecule has 2 N–H and O–H groups in total. The SMILES string of the molecule is CC(C)(C)OC(=O)NC(CCc1ccc(C2CC2)cc1)C(=O)O. The lowest BCUT2D eigenvalue weighted by Crippen LogP contribution is -2.43. The summed E-state index contributed by atoms with van der Waals surface area (Å²) in [5.41, 5.74) is 1.79. The van der Waals surface area contributed by atoms with Crippen molar-refractivity contribution in [1.82, 2.24) is 5.32 Å². The number of carbonyl (C=O) groups excluding carboxylic acids is 1. The standard InChI is InChI=1S/C18H25NO4/c1-18(2,3)23-17(22)19-15(16(20)21)11-6-12-4-7-13(8-5-12)14-9-10-14/h4-5,7-8,14-15H,6,9-11H2,1-3H3,(H,19,22)(H,20,21). The number of ether oxygens (including phenoxy) is 1. The fraction of sp³-hybridized carbons (Fsp3) is 0.556. The van der Waals surface area contributed by atoms with Crippen LogP contribution in [0.4, 0.5) is 4.79 Å². The van der Waals surface area contributed by atoms with Crippen molar-refractivity contribution in [2.75, 3.05) is 0 Å². The molecule has 126 valence electrons. The number of aryl methyl sites for hydroxylation is 1. The van der Waals surface area contributed by atoms with Crippen LogP contribution in [-0.4, -0.2) is 28.8 Å². The van der Waals surface area contributed by atoms with Crippen molar-refractivity contribution in [3.8, 4) is 0 Å². The summed E-state index contributed by atoms with van der Waals surface area (Å²) in [7, 11) is 0. The molecule has 0 bridgehead atoms. The number of amides is 1. The summed E-state index contributed by atoms with van der Waals surface area (Å²) in [6.07, 6.45) is 2.75. The van der Waals surface area contributed by atoms with E-state index in [4.69, 9.17) is 4.74 Å². The van der Waals surface area contributed by atoms with Gasteiger partial charge in [0, 0.05) is 0 Å². The molecule has 1 saturated carbocycles. The highest BCUT2D eigenvalue weighted by Crippen LogP contribution is 2.39. The second-order valence-electron chi connectivity index (χ2n) is 7.09. The topological polar surface area (TPSA) is 75.6 Å². The van der Waals surface area contributed by atoms with Crippen molar-refractivity contribution in [2.45, 2.75) is 64.0 Å². The molecule has 1 aliphatic carbocycles. The van der Waals surface area contributed by atoms with Crippen molar-refractivity contribution in [2.24, 2.45) is 0 Å². The molecule has 1 aromatic rings. The van der Waals surface area contributed by atoms with Gasteiger partial charge in [0.1, 0.15) is 11.6 Å². The van der Waals surface area contributed by atoms with Crippen molar-refractivity contribution in [3.05, 3.63) is 35.4 Å². The van der Waals surface area contributed by atoms with E-state index >= 15 is 0 Å². The summed E-state index contributed by atoms with van der Waals surface area (Å²) < 4.78 is 5.11. The van der Waals surface area contributed by atoms with Gasteiger partial charge in [-0.2, -0.15) is 0 Å². The molecule has 0 radical (unpaired) electrons. The molecule has 0 spiro atoms. The first-order valence-electron chi connectivity index (χ1n) is 8.06. The van der Waals surface area contributed by atoms with Crippen LogP contribution in [0.2, 0.25) is 0 Å². The number of hydrogen-bond acceptors (Lipinski definition) is 3. The number of hydrogen-bond donors (Lipinski definition) is 2. The van der Waals surface area contributed by atoms with Gasteiger partial charge in [0.25, 0.3) is 0 Å². The van der Waals surface area contributed by atoms with Crippen LogP contribution in [0, 0.1) is 0 Å². The van der Waals surface area contributed by atoms with Gasteiger partial charge in [-0.05, 0) is 63.5 Å². The zero-order valence-electron chi connectivity index (χ0n) is 14.0. The molecule has 1 atom stereocenters. The second kappa shape index (κ2) is 7.02. The Morgan fingerprint density at radius 3 is 2.35 bits per heavy atom. The van der Waals surface area contributed by atoms with E-state index in [-0.39, 0.29) is 0 Å². The Balaban J connectivity index is 1.86. The highest BCUT2D eigenvalue weighted by molar-refractivity contribution is 5.80. The summed E-state index contributed by atoms with van der Waals surface area (Å²) in [6, 6.07) is 7.36. The van der Waals surface area contributed by atoms with Crippen molar-refractivity contribution in [1.29, 1.82) is 0 Å². The van der Waals surface area contributed by atoms with Gasteiger partial charge < -0.3 is 15.2 Å². The molecule has 5 heteroatoms. The van der Waals surface area contributed by atoms with Crippen molar-refractivity contribution in [3.63, 3.8) is 0 Å². The molecule has 1 amide bonds. The van der Waals surface area contributed by atoms with Gasteiger partial charge in [-0.15, -0.1) is 0 Å². The first-order chi connectivity index (χ1) is 10.7. The Morgan fingerprint density at radius 2 is 1.87 bits per heavy atom. The maximum atomic E-state index is 11.7. The molecule has 0 aliphatic heterocycles. The highest BCUT2D eigenvalue weighted by Gasteiger charge is 2.24. The smallest absolute Gasteiger partial charge is 0.408 e. The summed E-state index contributed by atoms with van der Waals surface area (Å²) in [5.74, 6) is -0.338.